The van der Waals surface area contributed by atoms with Crippen molar-refractivity contribution >= 4 is 11.8 Å². The lowest BCUT2D eigenvalue weighted by molar-refractivity contribution is 0.0847. The van der Waals surface area contributed by atoms with Crippen LogP contribution in [0, 0.1) is 11.3 Å². The van der Waals surface area contributed by atoms with Gasteiger partial charge in [-0.25, -0.2) is 0 Å². The summed E-state index contributed by atoms with van der Waals surface area (Å²) in [6.45, 7) is 0.388. The van der Waals surface area contributed by atoms with E-state index in [-0.39, 0.29) is 0 Å². The Labute approximate surface area is 218 Å². The van der Waals surface area contributed by atoms with Crippen LogP contribution in [0.3, 0.4) is 0 Å². The first-order valence-electron chi connectivity index (χ1n) is 11.7. The SMILES string of the molecule is N#Cc1ccccc1-c1ccccc1C(=O)NNC(=O)c1ccc(Cn2nnc(-c3ccccc3)n2)cc1. The third kappa shape index (κ3) is 5.29. The maximum atomic E-state index is 12.9. The summed E-state index contributed by atoms with van der Waals surface area (Å²) in [5.41, 5.74) is 9.07. The summed E-state index contributed by atoms with van der Waals surface area (Å²) >= 11 is 0. The number of nitrogens with one attached hydrogen (secondary N) is 2. The van der Waals surface area contributed by atoms with Crippen LogP contribution in [0.2, 0.25) is 0 Å². The zero-order chi connectivity index (χ0) is 26.3. The molecule has 9 nitrogen and oxygen atoms in total. The van der Waals surface area contributed by atoms with Gasteiger partial charge in [0.25, 0.3) is 11.8 Å². The molecule has 0 atom stereocenters. The topological polar surface area (TPSA) is 126 Å². The average Bonchev–Trinajstić information content (AvgIpc) is 3.45. The van der Waals surface area contributed by atoms with E-state index in [1.165, 1.54) is 4.80 Å². The first-order valence-corrected chi connectivity index (χ1v) is 11.7. The summed E-state index contributed by atoms with van der Waals surface area (Å²) in [5, 5.41) is 22.0. The van der Waals surface area contributed by atoms with Gasteiger partial charge in [0, 0.05) is 22.3 Å². The smallest absolute Gasteiger partial charge is 0.267 e. The van der Waals surface area contributed by atoms with Crippen molar-refractivity contribution < 1.29 is 9.59 Å². The van der Waals surface area contributed by atoms with Crippen molar-refractivity contribution in [3.63, 3.8) is 0 Å². The van der Waals surface area contributed by atoms with Crippen LogP contribution in [0.1, 0.15) is 31.8 Å². The Hall–Kier alpha value is -5.62. The van der Waals surface area contributed by atoms with Crippen LogP contribution >= 0.6 is 0 Å². The molecule has 0 aliphatic rings. The zero-order valence-electron chi connectivity index (χ0n) is 20.1. The fourth-order valence-electron chi connectivity index (χ4n) is 3.92. The van der Waals surface area contributed by atoms with Crippen molar-refractivity contribution in [2.45, 2.75) is 6.54 Å². The van der Waals surface area contributed by atoms with Gasteiger partial charge in [0.1, 0.15) is 0 Å². The Morgan fingerprint density at radius 3 is 2.18 bits per heavy atom. The molecule has 5 aromatic rings. The van der Waals surface area contributed by atoms with Gasteiger partial charge in [0.2, 0.25) is 5.82 Å². The summed E-state index contributed by atoms with van der Waals surface area (Å²) < 4.78 is 0. The van der Waals surface area contributed by atoms with Gasteiger partial charge in [0.15, 0.2) is 0 Å². The number of nitrogens with zero attached hydrogens (tertiary/aromatic N) is 5. The summed E-state index contributed by atoms with van der Waals surface area (Å²) in [7, 11) is 0. The molecule has 0 aliphatic carbocycles. The molecule has 9 heteroatoms. The molecule has 38 heavy (non-hydrogen) atoms. The standard InChI is InChI=1S/C29H21N7O2/c30-18-23-10-4-5-11-24(23)25-12-6-7-13-26(25)29(38)33-32-28(37)22-16-14-20(15-17-22)19-36-34-27(31-35-36)21-8-2-1-3-9-21/h1-17H,19H2,(H,32,37)(H,33,38). The van der Waals surface area contributed by atoms with Crippen molar-refractivity contribution in [3.05, 3.63) is 125 Å². The Morgan fingerprint density at radius 2 is 1.42 bits per heavy atom. The molecule has 184 valence electrons. The number of hydrazine groups is 1. The number of benzene rings is 4. The highest BCUT2D eigenvalue weighted by atomic mass is 16.2. The normalized spacial score (nSPS) is 10.4. The van der Waals surface area contributed by atoms with Crippen LogP contribution < -0.4 is 10.9 Å². The second kappa shape index (κ2) is 11.0. The van der Waals surface area contributed by atoms with Gasteiger partial charge in [-0.15, -0.1) is 10.2 Å². The van der Waals surface area contributed by atoms with Crippen LogP contribution in [0.4, 0.5) is 0 Å². The summed E-state index contributed by atoms with van der Waals surface area (Å²) in [6, 6.07) is 32.6. The minimum Gasteiger partial charge on any atom is -0.267 e. The minimum absolute atomic E-state index is 0.334. The number of aromatic nitrogens is 4. The van der Waals surface area contributed by atoms with E-state index in [2.05, 4.69) is 32.3 Å². The van der Waals surface area contributed by atoms with E-state index in [9.17, 15) is 14.9 Å². The molecule has 0 aliphatic heterocycles. The molecular weight excluding hydrogens is 478 g/mol. The second-order valence-corrected chi connectivity index (χ2v) is 8.32. The van der Waals surface area contributed by atoms with E-state index in [4.69, 9.17) is 0 Å². The number of rotatable bonds is 6. The summed E-state index contributed by atoms with van der Waals surface area (Å²) in [6.07, 6.45) is 0. The third-order valence-corrected chi connectivity index (χ3v) is 5.82. The molecule has 2 amide bonds. The van der Waals surface area contributed by atoms with E-state index in [0.29, 0.717) is 40.2 Å². The van der Waals surface area contributed by atoms with E-state index < -0.39 is 11.8 Å². The van der Waals surface area contributed by atoms with Gasteiger partial charge in [0.05, 0.1) is 18.2 Å². The lowest BCUT2D eigenvalue weighted by Gasteiger charge is -2.12. The maximum Gasteiger partial charge on any atom is 0.270 e. The van der Waals surface area contributed by atoms with Crippen LogP contribution in [-0.4, -0.2) is 32.0 Å². The van der Waals surface area contributed by atoms with Gasteiger partial charge in [-0.05, 0) is 40.6 Å². The van der Waals surface area contributed by atoms with Gasteiger partial charge in [-0.1, -0.05) is 78.9 Å². The zero-order valence-corrected chi connectivity index (χ0v) is 20.1. The highest BCUT2D eigenvalue weighted by Gasteiger charge is 2.16. The summed E-state index contributed by atoms with van der Waals surface area (Å²) in [5.74, 6) is -0.426. The highest BCUT2D eigenvalue weighted by molar-refractivity contribution is 6.03. The van der Waals surface area contributed by atoms with E-state index >= 15 is 0 Å². The first-order chi connectivity index (χ1) is 18.6. The number of hydrogen-bond acceptors (Lipinski definition) is 6. The van der Waals surface area contributed by atoms with E-state index in [1.807, 2.05) is 30.3 Å². The predicted molar refractivity (Wildman–Crippen MR) is 140 cm³/mol. The van der Waals surface area contributed by atoms with Crippen molar-refractivity contribution in [2.75, 3.05) is 0 Å². The molecular formula is C29H21N7O2. The lowest BCUT2D eigenvalue weighted by Crippen LogP contribution is -2.41. The second-order valence-electron chi connectivity index (χ2n) is 8.32. The Morgan fingerprint density at radius 1 is 0.763 bits per heavy atom. The largest absolute Gasteiger partial charge is 0.270 e. The molecule has 0 saturated carbocycles. The molecule has 0 saturated heterocycles. The molecule has 5 rings (SSSR count). The Bertz CT molecular complexity index is 1640. The number of carbonyl (C=O) groups excluding carboxylic acids is 2. The van der Waals surface area contributed by atoms with Crippen molar-refractivity contribution in [1.29, 1.82) is 5.26 Å². The van der Waals surface area contributed by atoms with Crippen molar-refractivity contribution in [1.82, 2.24) is 31.1 Å². The molecule has 0 fully saturated rings. The number of hydrogen-bond donors (Lipinski definition) is 2. The number of carbonyl (C=O) groups is 2. The number of amides is 2. The molecule has 4 aromatic carbocycles. The molecule has 1 aromatic heterocycles. The van der Waals surface area contributed by atoms with Crippen LogP contribution in [0.5, 0.6) is 0 Å². The van der Waals surface area contributed by atoms with Crippen molar-refractivity contribution in [2.24, 2.45) is 0 Å². The van der Waals surface area contributed by atoms with E-state index in [0.717, 1.165) is 11.1 Å². The summed E-state index contributed by atoms with van der Waals surface area (Å²) in [4.78, 5) is 27.0. The van der Waals surface area contributed by atoms with Gasteiger partial charge >= 0.3 is 0 Å². The van der Waals surface area contributed by atoms with Crippen LogP contribution in [0.15, 0.2) is 103 Å². The first kappa shape index (κ1) is 24.1. The lowest BCUT2D eigenvalue weighted by atomic mass is 9.95. The Kier molecular flexibility index (Phi) is 6.96. The number of nitriles is 1. The maximum absolute atomic E-state index is 12.9. The number of tetrazole rings is 1. The minimum atomic E-state index is -0.496. The van der Waals surface area contributed by atoms with Crippen molar-refractivity contribution in [3.8, 4) is 28.6 Å². The van der Waals surface area contributed by atoms with Crippen LogP contribution in [0.25, 0.3) is 22.5 Å². The monoisotopic (exact) mass is 499 g/mol. The molecule has 0 bridgehead atoms. The molecule has 0 spiro atoms. The van der Waals surface area contributed by atoms with Crippen LogP contribution in [-0.2, 0) is 6.54 Å². The Balaban J connectivity index is 1.22. The fourth-order valence-corrected chi connectivity index (χ4v) is 3.92. The molecule has 2 N–H and O–H groups in total. The predicted octanol–water partition coefficient (Wildman–Crippen LogP) is 4.00. The van der Waals surface area contributed by atoms with E-state index in [1.54, 1.807) is 72.8 Å². The van der Waals surface area contributed by atoms with Gasteiger partial charge in [-0.2, -0.15) is 10.1 Å². The molecule has 0 radical (unpaired) electrons. The van der Waals surface area contributed by atoms with Gasteiger partial charge < -0.3 is 0 Å². The average molecular weight is 500 g/mol. The third-order valence-electron chi connectivity index (χ3n) is 5.82. The molecule has 0 unspecified atom stereocenters. The quantitative estimate of drug-likeness (QED) is 0.340. The fraction of sp³-hybridized carbons (Fsp3) is 0.0345. The van der Waals surface area contributed by atoms with Gasteiger partial charge in [-0.3, -0.25) is 20.4 Å². The molecule has 1 heterocycles. The highest BCUT2D eigenvalue weighted by Crippen LogP contribution is 2.26.